The van der Waals surface area contributed by atoms with Gasteiger partial charge in [-0.1, -0.05) is 50.6 Å². The van der Waals surface area contributed by atoms with Crippen molar-refractivity contribution in [2.45, 2.75) is 32.2 Å². The van der Waals surface area contributed by atoms with E-state index in [1.807, 2.05) is 13.8 Å². The molecule has 0 fully saturated rings. The summed E-state index contributed by atoms with van der Waals surface area (Å²) in [6.45, 7) is 3.78. The van der Waals surface area contributed by atoms with Crippen molar-refractivity contribution in [3.05, 3.63) is 65.2 Å². The Morgan fingerprint density at radius 2 is 1.69 bits per heavy atom. The third kappa shape index (κ3) is 3.65. The summed E-state index contributed by atoms with van der Waals surface area (Å²) in [5, 5.41) is 0. The van der Waals surface area contributed by atoms with Crippen molar-refractivity contribution in [2.24, 2.45) is 5.92 Å². The molecule has 2 unspecified atom stereocenters. The van der Waals surface area contributed by atoms with Gasteiger partial charge in [0.25, 0.3) is 21.9 Å². The highest BCUT2D eigenvalue weighted by Gasteiger charge is 2.52. The zero-order valence-electron chi connectivity index (χ0n) is 16.3. The number of nitrogen functional groups attached to an aromatic ring is 1. The van der Waals surface area contributed by atoms with E-state index >= 15 is 0 Å². The molecule has 0 aliphatic carbocycles. The molecule has 1 aliphatic heterocycles. The molecule has 1 aliphatic rings. The van der Waals surface area contributed by atoms with Crippen molar-refractivity contribution < 1.29 is 22.6 Å². The van der Waals surface area contributed by atoms with Crippen molar-refractivity contribution in [3.63, 3.8) is 0 Å². The smallest absolute Gasteiger partial charge is 0.264 e. The molecule has 0 bridgehead atoms. The maximum atomic E-state index is 13.4. The summed E-state index contributed by atoms with van der Waals surface area (Å²) >= 11 is 0. The van der Waals surface area contributed by atoms with Crippen LogP contribution in [0, 0.1) is 5.92 Å². The molecule has 2 amide bonds. The van der Waals surface area contributed by atoms with Crippen LogP contribution in [0.15, 0.2) is 48.5 Å². The van der Waals surface area contributed by atoms with Crippen LogP contribution in [0.25, 0.3) is 0 Å². The van der Waals surface area contributed by atoms with Crippen LogP contribution in [0.1, 0.15) is 53.0 Å². The summed E-state index contributed by atoms with van der Waals surface area (Å²) < 4.78 is 32.7. The Hall–Kier alpha value is -2.71. The van der Waals surface area contributed by atoms with E-state index in [2.05, 4.69) is 0 Å². The van der Waals surface area contributed by atoms with E-state index in [1.165, 1.54) is 12.1 Å². The minimum absolute atomic E-state index is 0.119. The molecule has 7 nitrogen and oxygen atoms in total. The Bertz CT molecular complexity index is 1050. The molecule has 2 aromatic rings. The third-order valence-corrected chi connectivity index (χ3v) is 6.47. The van der Waals surface area contributed by atoms with Gasteiger partial charge >= 0.3 is 0 Å². The normalized spacial score (nSPS) is 17.1. The van der Waals surface area contributed by atoms with Crippen molar-refractivity contribution in [1.82, 2.24) is 4.90 Å². The lowest BCUT2D eigenvalue weighted by molar-refractivity contribution is 0.0242. The molecular weight excluding hydrogens is 392 g/mol. The summed E-state index contributed by atoms with van der Waals surface area (Å²) in [4.78, 5) is 27.9. The van der Waals surface area contributed by atoms with Crippen LogP contribution in [0.3, 0.4) is 0 Å². The Morgan fingerprint density at radius 1 is 1.07 bits per heavy atom. The van der Waals surface area contributed by atoms with Gasteiger partial charge in [-0.3, -0.25) is 19.0 Å². The second-order valence-electron chi connectivity index (χ2n) is 7.39. The predicted octanol–water partition coefficient (Wildman–Crippen LogP) is 3.08. The van der Waals surface area contributed by atoms with E-state index in [0.29, 0.717) is 17.7 Å². The molecule has 3 rings (SSSR count). The second kappa shape index (κ2) is 7.61. The van der Waals surface area contributed by atoms with Crippen LogP contribution in [0.5, 0.6) is 0 Å². The number of carbonyl (C=O) groups excluding carboxylic acids is 2. The van der Waals surface area contributed by atoms with E-state index in [9.17, 15) is 22.6 Å². The van der Waals surface area contributed by atoms with Crippen LogP contribution in [0.2, 0.25) is 0 Å². The Labute approximate surface area is 170 Å². The lowest BCUT2D eigenvalue weighted by atomic mass is 9.74. The fraction of sp³-hybridized carbons (Fsp3) is 0.333. The zero-order valence-corrected chi connectivity index (χ0v) is 17.1. The van der Waals surface area contributed by atoms with Crippen LogP contribution in [-0.4, -0.2) is 35.4 Å². The number of nitrogens with two attached hydrogens (primary N) is 1. The molecule has 0 radical (unpaired) electrons. The maximum absolute atomic E-state index is 13.4. The molecule has 0 saturated carbocycles. The molecule has 2 aromatic carbocycles. The van der Waals surface area contributed by atoms with E-state index in [0.717, 1.165) is 4.90 Å². The van der Waals surface area contributed by atoms with Crippen LogP contribution in [0.4, 0.5) is 5.69 Å². The molecule has 0 spiro atoms. The first-order valence-electron chi connectivity index (χ1n) is 9.41. The molecule has 3 N–H and O–H groups in total. The Balaban J connectivity index is 2.25. The first kappa shape index (κ1) is 21.0. The fourth-order valence-electron chi connectivity index (χ4n) is 4.11. The monoisotopic (exact) mass is 416 g/mol. The van der Waals surface area contributed by atoms with E-state index < -0.39 is 33.2 Å². The van der Waals surface area contributed by atoms with Crippen LogP contribution in [-0.2, 0) is 15.7 Å². The first-order valence-corrected chi connectivity index (χ1v) is 11.0. The minimum atomic E-state index is -4.31. The molecule has 2 atom stereocenters. The molecular formula is C21H24N2O5S. The molecule has 0 aromatic heterocycles. The summed E-state index contributed by atoms with van der Waals surface area (Å²) in [6, 6.07) is 13.4. The lowest BCUT2D eigenvalue weighted by Gasteiger charge is -2.45. The summed E-state index contributed by atoms with van der Waals surface area (Å²) in [5.74, 6) is -1.87. The van der Waals surface area contributed by atoms with E-state index in [4.69, 9.17) is 5.73 Å². The van der Waals surface area contributed by atoms with E-state index in [-0.39, 0.29) is 23.5 Å². The van der Waals surface area contributed by atoms with Gasteiger partial charge in [0.15, 0.2) is 0 Å². The highest BCUT2D eigenvalue weighted by atomic mass is 32.2. The summed E-state index contributed by atoms with van der Waals surface area (Å²) in [5.41, 5.74) is 6.00. The number of rotatable bonds is 7. The number of fused-ring (bicyclic) bond motifs is 1. The standard InChI is InChI=1S/C21H24N2O5S/c1-3-14(2)21(11-12-29(26,27)28,15-7-5-4-6-8-15)23-19(24)17-10-9-16(22)13-18(17)20(23)25/h4-10,13-14H,3,11-12,22H2,1-2H3,(H,26,27,28). The van der Waals surface area contributed by atoms with Gasteiger partial charge in [-0.25, -0.2) is 0 Å². The average molecular weight is 416 g/mol. The summed E-state index contributed by atoms with van der Waals surface area (Å²) in [6.07, 6.45) is 0.460. The number of imide groups is 1. The van der Waals surface area contributed by atoms with Gasteiger partial charge in [0, 0.05) is 5.69 Å². The van der Waals surface area contributed by atoms with Crippen molar-refractivity contribution in [3.8, 4) is 0 Å². The highest BCUT2D eigenvalue weighted by molar-refractivity contribution is 7.85. The summed E-state index contributed by atoms with van der Waals surface area (Å²) in [7, 11) is -4.31. The number of amides is 2. The largest absolute Gasteiger partial charge is 0.399 e. The number of benzene rings is 2. The molecule has 154 valence electrons. The quantitative estimate of drug-likeness (QED) is 0.407. The molecule has 29 heavy (non-hydrogen) atoms. The number of hydrogen-bond acceptors (Lipinski definition) is 5. The Kier molecular flexibility index (Phi) is 5.51. The van der Waals surface area contributed by atoms with Crippen molar-refractivity contribution >= 4 is 27.6 Å². The topological polar surface area (TPSA) is 118 Å². The lowest BCUT2D eigenvalue weighted by Crippen LogP contribution is -2.54. The first-order chi connectivity index (χ1) is 13.6. The zero-order chi connectivity index (χ0) is 21.4. The third-order valence-electron chi connectivity index (χ3n) is 5.75. The van der Waals surface area contributed by atoms with Gasteiger partial charge in [-0.05, 0) is 36.1 Å². The predicted molar refractivity (Wildman–Crippen MR) is 110 cm³/mol. The number of nitrogens with zero attached hydrogens (tertiary/aromatic N) is 1. The second-order valence-corrected chi connectivity index (χ2v) is 8.96. The van der Waals surface area contributed by atoms with Gasteiger partial charge in [0.2, 0.25) is 0 Å². The van der Waals surface area contributed by atoms with Crippen molar-refractivity contribution in [2.75, 3.05) is 11.5 Å². The van der Waals surface area contributed by atoms with Gasteiger partial charge in [0.05, 0.1) is 22.4 Å². The highest BCUT2D eigenvalue weighted by Crippen LogP contribution is 2.45. The number of hydrogen-bond donors (Lipinski definition) is 2. The molecule has 1 heterocycles. The molecule has 0 saturated heterocycles. The maximum Gasteiger partial charge on any atom is 0.264 e. The van der Waals surface area contributed by atoms with E-state index in [1.54, 1.807) is 36.4 Å². The van der Waals surface area contributed by atoms with Crippen LogP contribution < -0.4 is 5.73 Å². The number of carbonyl (C=O) groups is 2. The number of anilines is 1. The Morgan fingerprint density at radius 3 is 2.28 bits per heavy atom. The van der Waals surface area contributed by atoms with Crippen LogP contribution >= 0.6 is 0 Å². The average Bonchev–Trinajstić information content (AvgIpc) is 2.93. The SMILES string of the molecule is CCC(C)C(CCS(=O)(=O)O)(c1ccccc1)N1C(=O)c2ccc(N)cc2C1=O. The van der Waals surface area contributed by atoms with Gasteiger partial charge < -0.3 is 5.73 Å². The fourth-order valence-corrected chi connectivity index (χ4v) is 4.68. The van der Waals surface area contributed by atoms with Crippen molar-refractivity contribution in [1.29, 1.82) is 0 Å². The van der Waals surface area contributed by atoms with Gasteiger partial charge in [-0.15, -0.1) is 0 Å². The molecule has 8 heteroatoms. The minimum Gasteiger partial charge on any atom is -0.399 e. The van der Waals surface area contributed by atoms with Gasteiger partial charge in [0.1, 0.15) is 0 Å². The van der Waals surface area contributed by atoms with Gasteiger partial charge in [-0.2, -0.15) is 8.42 Å².